The van der Waals surface area contributed by atoms with Crippen molar-refractivity contribution in [2.45, 2.75) is 19.9 Å². The Morgan fingerprint density at radius 2 is 2.05 bits per heavy atom. The van der Waals surface area contributed by atoms with Crippen LogP contribution < -0.4 is 11.1 Å². The number of aromatic hydroxyl groups is 1. The van der Waals surface area contributed by atoms with Crippen molar-refractivity contribution in [3.63, 3.8) is 0 Å². The second kappa shape index (κ2) is 5.96. The van der Waals surface area contributed by atoms with Gasteiger partial charge < -0.3 is 16.2 Å². The van der Waals surface area contributed by atoms with Crippen LogP contribution in [0.15, 0.2) is 35.7 Å². The number of benzene rings is 1. The zero-order chi connectivity index (χ0) is 14.7. The lowest BCUT2D eigenvalue weighted by Crippen LogP contribution is -2.31. The molecule has 0 radical (unpaired) electrons. The van der Waals surface area contributed by atoms with Gasteiger partial charge in [0.2, 0.25) is 0 Å². The molecular formula is C15H18N2O2S. The maximum absolute atomic E-state index is 12.3. The number of carbonyl (C=O) groups excluding carboxylic acids is 1. The molecule has 2 rings (SSSR count). The van der Waals surface area contributed by atoms with Gasteiger partial charge in [0.15, 0.2) is 5.75 Å². The number of nitrogens with one attached hydrogen (secondary N) is 1. The molecule has 4 N–H and O–H groups in total. The van der Waals surface area contributed by atoms with Gasteiger partial charge >= 0.3 is 0 Å². The summed E-state index contributed by atoms with van der Waals surface area (Å²) in [7, 11) is 0. The Morgan fingerprint density at radius 1 is 1.30 bits per heavy atom. The van der Waals surface area contributed by atoms with E-state index in [1.165, 1.54) is 0 Å². The lowest BCUT2D eigenvalue weighted by molar-refractivity contribution is 0.0924. The third-order valence-electron chi connectivity index (χ3n) is 3.11. The van der Waals surface area contributed by atoms with Crippen LogP contribution >= 0.6 is 11.3 Å². The molecule has 1 aromatic carbocycles. The first-order valence-electron chi connectivity index (χ1n) is 6.42. The molecule has 0 saturated carbocycles. The van der Waals surface area contributed by atoms with Gasteiger partial charge in [-0.25, -0.2) is 0 Å². The van der Waals surface area contributed by atoms with Crippen LogP contribution in [0.3, 0.4) is 0 Å². The maximum Gasteiger partial charge on any atom is 0.255 e. The second-order valence-electron chi connectivity index (χ2n) is 4.95. The minimum absolute atomic E-state index is 0.0802. The highest BCUT2D eigenvalue weighted by Gasteiger charge is 2.21. The molecular weight excluding hydrogens is 272 g/mol. The second-order valence-corrected chi connectivity index (χ2v) is 5.93. The number of phenolic OH excluding ortho intramolecular Hbond substituents is 1. The maximum atomic E-state index is 12.3. The summed E-state index contributed by atoms with van der Waals surface area (Å²) < 4.78 is 0. The minimum Gasteiger partial charge on any atom is -0.505 e. The third-order valence-corrected chi connectivity index (χ3v) is 4.07. The summed E-state index contributed by atoms with van der Waals surface area (Å²) in [4.78, 5) is 13.4. The van der Waals surface area contributed by atoms with Crippen molar-refractivity contribution < 1.29 is 9.90 Å². The van der Waals surface area contributed by atoms with Gasteiger partial charge in [-0.15, -0.1) is 11.3 Å². The summed E-state index contributed by atoms with van der Waals surface area (Å²) in [6.45, 7) is 4.09. The number of phenols is 1. The summed E-state index contributed by atoms with van der Waals surface area (Å²) in [6, 6.07) is 8.65. The number of para-hydroxylation sites is 1. The molecule has 1 atom stereocenters. The molecule has 0 spiro atoms. The van der Waals surface area contributed by atoms with Gasteiger partial charge in [-0.3, -0.25) is 4.79 Å². The summed E-state index contributed by atoms with van der Waals surface area (Å²) in [6.07, 6.45) is 0. The zero-order valence-electron chi connectivity index (χ0n) is 11.5. The van der Waals surface area contributed by atoms with Gasteiger partial charge in [0.05, 0.1) is 17.3 Å². The predicted octanol–water partition coefficient (Wildman–Crippen LogP) is 3.16. The molecule has 4 nitrogen and oxygen atoms in total. The lowest BCUT2D eigenvalue weighted by atomic mass is 10.0. The fourth-order valence-electron chi connectivity index (χ4n) is 2.00. The van der Waals surface area contributed by atoms with Crippen molar-refractivity contribution in [1.82, 2.24) is 5.32 Å². The fourth-order valence-corrected chi connectivity index (χ4v) is 2.95. The van der Waals surface area contributed by atoms with Gasteiger partial charge in [0.1, 0.15) is 0 Å². The fraction of sp³-hybridized carbons (Fsp3) is 0.267. The summed E-state index contributed by atoms with van der Waals surface area (Å²) in [5, 5.41) is 14.8. The van der Waals surface area contributed by atoms with E-state index in [2.05, 4.69) is 5.32 Å². The van der Waals surface area contributed by atoms with Gasteiger partial charge in [-0.1, -0.05) is 26.0 Å². The molecule has 0 aliphatic rings. The van der Waals surface area contributed by atoms with Crippen LogP contribution in [0.5, 0.6) is 5.75 Å². The Kier molecular flexibility index (Phi) is 4.29. The predicted molar refractivity (Wildman–Crippen MR) is 81.9 cm³/mol. The molecule has 5 heteroatoms. The SMILES string of the molecule is CC(C)C(NC(=O)c1cccc(N)c1O)c1cccs1. The van der Waals surface area contributed by atoms with Crippen LogP contribution in [-0.4, -0.2) is 11.0 Å². The van der Waals surface area contributed by atoms with Crippen LogP contribution in [0, 0.1) is 5.92 Å². The van der Waals surface area contributed by atoms with Crippen molar-refractivity contribution >= 4 is 22.9 Å². The van der Waals surface area contributed by atoms with E-state index >= 15 is 0 Å². The molecule has 1 amide bonds. The molecule has 1 unspecified atom stereocenters. The first-order chi connectivity index (χ1) is 9.50. The van der Waals surface area contributed by atoms with Gasteiger partial charge in [0.25, 0.3) is 5.91 Å². The highest BCUT2D eigenvalue weighted by atomic mass is 32.1. The molecule has 0 aliphatic heterocycles. The number of anilines is 1. The van der Waals surface area contributed by atoms with Crippen LogP contribution in [0.4, 0.5) is 5.69 Å². The number of carbonyl (C=O) groups is 1. The van der Waals surface area contributed by atoms with Crippen molar-refractivity contribution in [1.29, 1.82) is 0 Å². The summed E-state index contributed by atoms with van der Waals surface area (Å²) in [5.74, 6) is -0.235. The highest BCUT2D eigenvalue weighted by molar-refractivity contribution is 7.10. The molecule has 0 fully saturated rings. The Labute approximate surface area is 122 Å². The van der Waals surface area contributed by atoms with Gasteiger partial charge in [-0.05, 0) is 29.5 Å². The smallest absolute Gasteiger partial charge is 0.255 e. The van der Waals surface area contributed by atoms with Crippen LogP contribution in [-0.2, 0) is 0 Å². The first-order valence-corrected chi connectivity index (χ1v) is 7.30. The van der Waals surface area contributed by atoms with Crippen molar-refractivity contribution in [2.75, 3.05) is 5.73 Å². The van der Waals surface area contributed by atoms with Crippen LogP contribution in [0.25, 0.3) is 0 Å². The molecule has 0 saturated heterocycles. The molecule has 1 aromatic heterocycles. The lowest BCUT2D eigenvalue weighted by Gasteiger charge is -2.21. The number of nitrogens with two attached hydrogens (primary N) is 1. The molecule has 20 heavy (non-hydrogen) atoms. The number of rotatable bonds is 4. The van der Waals surface area contributed by atoms with Crippen LogP contribution in [0.2, 0.25) is 0 Å². The number of nitrogen functional groups attached to an aromatic ring is 1. The quantitative estimate of drug-likeness (QED) is 0.598. The Hall–Kier alpha value is -2.01. The monoisotopic (exact) mass is 290 g/mol. The van der Waals surface area contributed by atoms with E-state index in [1.54, 1.807) is 29.5 Å². The third kappa shape index (κ3) is 2.93. The van der Waals surface area contributed by atoms with E-state index in [4.69, 9.17) is 5.73 Å². The van der Waals surface area contributed by atoms with E-state index in [0.717, 1.165) is 4.88 Å². The molecule has 0 bridgehead atoms. The summed E-state index contributed by atoms with van der Waals surface area (Å²) >= 11 is 1.60. The number of hydrogen-bond acceptors (Lipinski definition) is 4. The Bertz CT molecular complexity index is 594. The standard InChI is InChI=1S/C15H18N2O2S/c1-9(2)13(12-7-4-8-20-12)17-15(19)10-5-3-6-11(16)14(10)18/h3-9,13,18H,16H2,1-2H3,(H,17,19). The van der Waals surface area contributed by atoms with Gasteiger partial charge in [0, 0.05) is 4.88 Å². The average molecular weight is 290 g/mol. The van der Waals surface area contributed by atoms with Crippen molar-refractivity contribution in [3.05, 3.63) is 46.2 Å². The van der Waals surface area contributed by atoms with E-state index in [9.17, 15) is 9.90 Å². The van der Waals surface area contributed by atoms with E-state index in [-0.39, 0.29) is 34.9 Å². The highest BCUT2D eigenvalue weighted by Crippen LogP contribution is 2.28. The number of thiophene rings is 1. The number of amides is 1. The Morgan fingerprint density at radius 3 is 2.65 bits per heavy atom. The normalized spacial score (nSPS) is 12.3. The van der Waals surface area contributed by atoms with Crippen molar-refractivity contribution in [2.24, 2.45) is 5.92 Å². The largest absolute Gasteiger partial charge is 0.505 e. The first kappa shape index (κ1) is 14.4. The van der Waals surface area contributed by atoms with E-state index in [1.807, 2.05) is 31.4 Å². The van der Waals surface area contributed by atoms with E-state index < -0.39 is 0 Å². The average Bonchev–Trinajstić information content (AvgIpc) is 2.92. The topological polar surface area (TPSA) is 75.4 Å². The minimum atomic E-state index is -0.318. The Balaban J connectivity index is 2.23. The van der Waals surface area contributed by atoms with Gasteiger partial charge in [-0.2, -0.15) is 0 Å². The van der Waals surface area contributed by atoms with Crippen LogP contribution in [0.1, 0.15) is 35.1 Å². The molecule has 2 aromatic rings. The molecule has 1 heterocycles. The molecule has 0 aliphatic carbocycles. The van der Waals surface area contributed by atoms with E-state index in [0.29, 0.717) is 0 Å². The number of hydrogen-bond donors (Lipinski definition) is 3. The summed E-state index contributed by atoms with van der Waals surface area (Å²) in [5.41, 5.74) is 6.02. The zero-order valence-corrected chi connectivity index (χ0v) is 12.3. The molecule has 106 valence electrons. The van der Waals surface area contributed by atoms with Crippen molar-refractivity contribution in [3.8, 4) is 5.75 Å².